The van der Waals surface area contributed by atoms with Crippen molar-refractivity contribution < 1.29 is 28.9 Å². The molecule has 1 heterocycles. The molecule has 1 unspecified atom stereocenters. The van der Waals surface area contributed by atoms with E-state index in [1.54, 1.807) is 37.4 Å². The first-order chi connectivity index (χ1) is 19.4. The van der Waals surface area contributed by atoms with Crippen molar-refractivity contribution in [2.24, 2.45) is 0 Å². The molecule has 3 aromatic rings. The largest absolute Gasteiger partial charge is 0.507 e. The van der Waals surface area contributed by atoms with Crippen LogP contribution in [-0.4, -0.2) is 37.6 Å². The minimum Gasteiger partial charge on any atom is -0.507 e. The third kappa shape index (κ3) is 5.67. The number of Topliss-reactive ketones (excluding diaryl/α,β-unsaturated/α-hetero) is 1. The van der Waals surface area contributed by atoms with Crippen LogP contribution in [0.4, 0.5) is 5.69 Å². The Morgan fingerprint density at radius 3 is 2.10 bits per heavy atom. The SMILES string of the molecule is CCOc1ccc(/C(O)=C2\C(=O)C(=O)N(c3ccc(C(C)C)cc3)C2c2ccc(OC)c(OC)c2)cc1C(C)(C)C. The summed E-state index contributed by atoms with van der Waals surface area (Å²) in [5.74, 6) is 0.235. The number of aliphatic hydroxyl groups is 1. The van der Waals surface area contributed by atoms with Crippen molar-refractivity contribution in [2.45, 2.75) is 58.9 Å². The Labute approximate surface area is 242 Å². The van der Waals surface area contributed by atoms with Crippen LogP contribution in [0.15, 0.2) is 66.2 Å². The van der Waals surface area contributed by atoms with Gasteiger partial charge in [-0.05, 0) is 71.8 Å². The van der Waals surface area contributed by atoms with Gasteiger partial charge in [0, 0.05) is 16.8 Å². The average molecular weight is 558 g/mol. The number of methoxy groups -OCH3 is 2. The first kappa shape index (κ1) is 29.7. The van der Waals surface area contributed by atoms with E-state index in [0.717, 1.165) is 11.1 Å². The maximum absolute atomic E-state index is 13.7. The predicted molar refractivity (Wildman–Crippen MR) is 161 cm³/mol. The highest BCUT2D eigenvalue weighted by Crippen LogP contribution is 2.45. The molecule has 0 bridgehead atoms. The van der Waals surface area contributed by atoms with Gasteiger partial charge in [-0.2, -0.15) is 0 Å². The topological polar surface area (TPSA) is 85.3 Å². The number of nitrogens with zero attached hydrogens (tertiary/aromatic N) is 1. The van der Waals surface area contributed by atoms with Crippen LogP contribution in [0, 0.1) is 0 Å². The Hall–Kier alpha value is -4.26. The number of hydrogen-bond acceptors (Lipinski definition) is 6. The molecule has 1 amide bonds. The third-order valence-corrected chi connectivity index (χ3v) is 7.37. The lowest BCUT2D eigenvalue weighted by Crippen LogP contribution is -2.29. The van der Waals surface area contributed by atoms with Crippen LogP contribution < -0.4 is 19.1 Å². The summed E-state index contributed by atoms with van der Waals surface area (Å²) in [4.78, 5) is 28.8. The monoisotopic (exact) mass is 557 g/mol. The van der Waals surface area contributed by atoms with Gasteiger partial charge in [-0.3, -0.25) is 14.5 Å². The molecular weight excluding hydrogens is 518 g/mol. The molecule has 4 rings (SSSR count). The fourth-order valence-corrected chi connectivity index (χ4v) is 5.16. The second-order valence-electron chi connectivity index (χ2n) is 11.4. The van der Waals surface area contributed by atoms with Gasteiger partial charge in [0.25, 0.3) is 11.7 Å². The second-order valence-corrected chi connectivity index (χ2v) is 11.4. The molecule has 1 aliphatic heterocycles. The lowest BCUT2D eigenvalue weighted by molar-refractivity contribution is -0.132. The molecule has 0 spiro atoms. The van der Waals surface area contributed by atoms with E-state index in [-0.39, 0.29) is 16.7 Å². The molecule has 0 aromatic heterocycles. The molecule has 41 heavy (non-hydrogen) atoms. The Morgan fingerprint density at radius 1 is 0.902 bits per heavy atom. The number of rotatable bonds is 8. The minimum absolute atomic E-state index is 0.000764. The van der Waals surface area contributed by atoms with E-state index in [1.807, 2.05) is 37.3 Å². The van der Waals surface area contributed by atoms with Gasteiger partial charge in [0.1, 0.15) is 11.5 Å². The van der Waals surface area contributed by atoms with Gasteiger partial charge in [0.15, 0.2) is 11.5 Å². The first-order valence-corrected chi connectivity index (χ1v) is 13.8. The number of benzene rings is 3. The molecule has 1 fully saturated rings. The zero-order chi connectivity index (χ0) is 30.1. The summed E-state index contributed by atoms with van der Waals surface area (Å²) >= 11 is 0. The Morgan fingerprint density at radius 2 is 1.54 bits per heavy atom. The van der Waals surface area contributed by atoms with Crippen molar-refractivity contribution in [3.8, 4) is 17.2 Å². The third-order valence-electron chi connectivity index (χ3n) is 7.37. The summed E-state index contributed by atoms with van der Waals surface area (Å²) in [6.07, 6.45) is 0. The van der Waals surface area contributed by atoms with Gasteiger partial charge >= 0.3 is 0 Å². The van der Waals surface area contributed by atoms with E-state index in [0.29, 0.717) is 46.6 Å². The van der Waals surface area contributed by atoms with Gasteiger partial charge in [-0.1, -0.05) is 52.8 Å². The minimum atomic E-state index is -0.899. The Kier molecular flexibility index (Phi) is 8.47. The van der Waals surface area contributed by atoms with Gasteiger partial charge in [-0.15, -0.1) is 0 Å². The van der Waals surface area contributed by atoms with Crippen molar-refractivity contribution >= 4 is 23.1 Å². The fraction of sp³-hybridized carbons (Fsp3) is 0.353. The van der Waals surface area contributed by atoms with Gasteiger partial charge in [-0.25, -0.2) is 0 Å². The molecule has 7 heteroatoms. The second kappa shape index (κ2) is 11.7. The fourth-order valence-electron chi connectivity index (χ4n) is 5.16. The zero-order valence-electron chi connectivity index (χ0n) is 25.1. The number of ketones is 1. The van der Waals surface area contributed by atoms with E-state index in [1.165, 1.54) is 12.0 Å². The number of amides is 1. The number of hydrogen-bond donors (Lipinski definition) is 1. The number of anilines is 1. The maximum atomic E-state index is 13.7. The van der Waals surface area contributed by atoms with Crippen LogP contribution in [0.1, 0.15) is 75.8 Å². The van der Waals surface area contributed by atoms with Gasteiger partial charge in [0.05, 0.1) is 32.4 Å². The molecule has 1 aliphatic rings. The quantitative estimate of drug-likeness (QED) is 0.180. The van der Waals surface area contributed by atoms with Crippen LogP contribution in [0.2, 0.25) is 0 Å². The highest BCUT2D eigenvalue weighted by molar-refractivity contribution is 6.51. The molecule has 1 saturated heterocycles. The van der Waals surface area contributed by atoms with Crippen LogP contribution >= 0.6 is 0 Å². The van der Waals surface area contributed by atoms with E-state index in [4.69, 9.17) is 14.2 Å². The van der Waals surface area contributed by atoms with Crippen molar-refractivity contribution in [2.75, 3.05) is 25.7 Å². The van der Waals surface area contributed by atoms with Crippen LogP contribution in [-0.2, 0) is 15.0 Å². The van der Waals surface area contributed by atoms with Crippen molar-refractivity contribution in [3.05, 3.63) is 88.5 Å². The molecule has 216 valence electrons. The van der Waals surface area contributed by atoms with E-state index >= 15 is 0 Å². The summed E-state index contributed by atoms with van der Waals surface area (Å²) in [7, 11) is 3.07. The number of carbonyl (C=O) groups excluding carboxylic acids is 2. The molecule has 3 aromatic carbocycles. The van der Waals surface area contributed by atoms with Crippen molar-refractivity contribution in [1.29, 1.82) is 0 Å². The smallest absolute Gasteiger partial charge is 0.300 e. The summed E-state index contributed by atoms with van der Waals surface area (Å²) in [5, 5.41) is 11.7. The predicted octanol–water partition coefficient (Wildman–Crippen LogP) is 7.15. The molecule has 1 N–H and O–H groups in total. The lowest BCUT2D eigenvalue weighted by Gasteiger charge is -2.27. The van der Waals surface area contributed by atoms with E-state index in [9.17, 15) is 14.7 Å². The van der Waals surface area contributed by atoms with Crippen LogP contribution in [0.3, 0.4) is 0 Å². The molecule has 7 nitrogen and oxygen atoms in total. The van der Waals surface area contributed by atoms with E-state index < -0.39 is 17.7 Å². The highest BCUT2D eigenvalue weighted by atomic mass is 16.5. The first-order valence-electron chi connectivity index (χ1n) is 13.8. The number of carbonyl (C=O) groups is 2. The molecule has 0 aliphatic carbocycles. The summed E-state index contributed by atoms with van der Waals surface area (Å²) in [6.45, 7) is 12.8. The average Bonchev–Trinajstić information content (AvgIpc) is 3.21. The molecule has 1 atom stereocenters. The number of ether oxygens (including phenoxy) is 3. The molecule has 0 radical (unpaired) electrons. The standard InChI is InChI=1S/C34H39NO6/c1-9-41-26-16-13-23(18-25(26)34(4,5)6)31(36)29-30(22-12-17-27(39-7)28(19-22)40-8)35(33(38)32(29)37)24-14-10-21(11-15-24)20(2)3/h10-20,30,36H,9H2,1-8H3/b31-29+. The Balaban J connectivity index is 1.96. The van der Waals surface area contributed by atoms with Crippen LogP contribution in [0.5, 0.6) is 17.2 Å². The lowest BCUT2D eigenvalue weighted by atomic mass is 9.84. The maximum Gasteiger partial charge on any atom is 0.300 e. The number of aliphatic hydroxyl groups excluding tert-OH is 1. The summed E-state index contributed by atoms with van der Waals surface area (Å²) in [6, 6.07) is 17.3. The molecule has 0 saturated carbocycles. The van der Waals surface area contributed by atoms with Crippen molar-refractivity contribution in [1.82, 2.24) is 0 Å². The van der Waals surface area contributed by atoms with Crippen LogP contribution in [0.25, 0.3) is 5.76 Å². The van der Waals surface area contributed by atoms with Gasteiger partial charge < -0.3 is 19.3 Å². The van der Waals surface area contributed by atoms with Gasteiger partial charge in [0.2, 0.25) is 0 Å². The normalized spacial score (nSPS) is 16.8. The zero-order valence-corrected chi connectivity index (χ0v) is 25.1. The summed E-state index contributed by atoms with van der Waals surface area (Å²) < 4.78 is 16.8. The Bertz CT molecular complexity index is 1480. The summed E-state index contributed by atoms with van der Waals surface area (Å²) in [5.41, 5.74) is 3.27. The highest BCUT2D eigenvalue weighted by Gasteiger charge is 2.47. The molecular formula is C34H39NO6. The van der Waals surface area contributed by atoms with Crippen molar-refractivity contribution in [3.63, 3.8) is 0 Å². The van der Waals surface area contributed by atoms with E-state index in [2.05, 4.69) is 34.6 Å².